The van der Waals surface area contributed by atoms with E-state index in [1.807, 2.05) is 0 Å². The lowest BCUT2D eigenvalue weighted by Crippen LogP contribution is -2.63. The van der Waals surface area contributed by atoms with Crippen molar-refractivity contribution in [3.05, 3.63) is 11.6 Å². The van der Waals surface area contributed by atoms with Gasteiger partial charge in [-0.25, -0.2) is 4.79 Å². The van der Waals surface area contributed by atoms with Gasteiger partial charge in [-0.15, -0.1) is 0 Å². The van der Waals surface area contributed by atoms with Crippen molar-refractivity contribution in [1.82, 2.24) is 0 Å². The van der Waals surface area contributed by atoms with Crippen molar-refractivity contribution >= 4 is 11.9 Å². The largest absolute Gasteiger partial charge is 0.459 e. The Balaban J connectivity index is 0.881. The zero-order chi connectivity index (χ0) is 43.8. The zero-order valence-electron chi connectivity index (χ0n) is 35.4. The molecule has 0 unspecified atom stereocenters. The lowest BCUT2D eigenvalue weighted by molar-refractivity contribution is -0.354. The van der Waals surface area contributed by atoms with Gasteiger partial charge in [-0.3, -0.25) is 4.79 Å². The number of aliphatic hydroxyl groups is 8. The summed E-state index contributed by atoms with van der Waals surface area (Å²) in [5, 5.41) is 85.2. The summed E-state index contributed by atoms with van der Waals surface area (Å²) in [6.45, 7) is 6.72. The van der Waals surface area contributed by atoms with E-state index in [-0.39, 0.29) is 41.2 Å². The fourth-order valence-corrected chi connectivity index (χ4v) is 13.0. The van der Waals surface area contributed by atoms with Crippen LogP contribution < -0.4 is 0 Å². The molecule has 8 aliphatic rings. The summed E-state index contributed by atoms with van der Waals surface area (Å²) in [5.41, 5.74) is -0.0509. The molecule has 4 saturated carbocycles. The number of hydrogen-bond donors (Lipinski definition) is 8. The molecule has 22 atom stereocenters. The lowest BCUT2D eigenvalue weighted by Gasteiger charge is -2.64. The van der Waals surface area contributed by atoms with E-state index in [2.05, 4.69) is 13.8 Å². The third-order valence-electron chi connectivity index (χ3n) is 16.5. The summed E-state index contributed by atoms with van der Waals surface area (Å²) in [5.74, 6) is 0.204. The molecule has 0 radical (unpaired) electrons. The van der Waals surface area contributed by atoms with Gasteiger partial charge in [0.2, 0.25) is 0 Å². The molecule has 4 aliphatic heterocycles. The molecular weight excluding hydrogens is 804 g/mol. The molecule has 61 heavy (non-hydrogen) atoms. The van der Waals surface area contributed by atoms with Crippen LogP contribution in [0.3, 0.4) is 0 Å². The number of hydrogen-bond acceptors (Lipinski definition) is 18. The number of aliphatic hydroxyl groups excluding tert-OH is 7. The Morgan fingerprint density at radius 1 is 0.803 bits per heavy atom. The third-order valence-corrected chi connectivity index (χ3v) is 16.5. The normalized spacial score (nSPS) is 52.4. The van der Waals surface area contributed by atoms with Gasteiger partial charge in [-0.2, -0.15) is 0 Å². The van der Waals surface area contributed by atoms with Crippen molar-refractivity contribution in [2.24, 2.45) is 34.5 Å². The molecule has 0 aromatic heterocycles. The summed E-state index contributed by atoms with van der Waals surface area (Å²) in [4.78, 5) is 24.4. The van der Waals surface area contributed by atoms with Gasteiger partial charge < -0.3 is 78.7 Å². The number of carbonyl (C=O) groups is 2. The number of ether oxygens (including phenoxy) is 8. The minimum atomic E-state index is -1.77. The van der Waals surface area contributed by atoms with Crippen LogP contribution in [0.4, 0.5) is 0 Å². The van der Waals surface area contributed by atoms with Crippen LogP contribution in [0.1, 0.15) is 91.9 Å². The number of fused-ring (bicyclic) bond motifs is 5. The number of cyclic esters (lactones) is 1. The van der Waals surface area contributed by atoms with E-state index in [1.165, 1.54) is 6.92 Å². The summed E-state index contributed by atoms with van der Waals surface area (Å²) in [6.07, 6.45) is -9.75. The van der Waals surface area contributed by atoms with E-state index in [4.69, 9.17) is 37.9 Å². The minimum absolute atomic E-state index is 0.0280. The van der Waals surface area contributed by atoms with E-state index in [0.717, 1.165) is 63.4 Å². The van der Waals surface area contributed by atoms with Crippen LogP contribution >= 0.6 is 0 Å². The van der Waals surface area contributed by atoms with Gasteiger partial charge >= 0.3 is 11.9 Å². The van der Waals surface area contributed by atoms with Gasteiger partial charge in [-0.1, -0.05) is 13.8 Å². The quantitative estimate of drug-likeness (QED) is 0.103. The summed E-state index contributed by atoms with van der Waals surface area (Å²) >= 11 is 0. The van der Waals surface area contributed by atoms with E-state index in [1.54, 1.807) is 13.0 Å². The second-order valence-electron chi connectivity index (χ2n) is 19.6. The average Bonchev–Trinajstić information content (AvgIpc) is 3.77. The molecule has 18 nitrogen and oxygen atoms in total. The van der Waals surface area contributed by atoms with E-state index >= 15 is 0 Å². The first kappa shape index (κ1) is 45.7. The van der Waals surface area contributed by atoms with Gasteiger partial charge in [-0.05, 0) is 99.4 Å². The van der Waals surface area contributed by atoms with Crippen LogP contribution in [0, 0.1) is 34.5 Å². The van der Waals surface area contributed by atoms with Crippen LogP contribution in [-0.2, 0) is 47.5 Å². The maximum Gasteiger partial charge on any atom is 0.331 e. The Morgan fingerprint density at radius 2 is 1.51 bits per heavy atom. The first-order valence-corrected chi connectivity index (χ1v) is 22.2. The second kappa shape index (κ2) is 17.5. The summed E-state index contributed by atoms with van der Waals surface area (Å²) in [7, 11) is 0. The van der Waals surface area contributed by atoms with Crippen molar-refractivity contribution in [1.29, 1.82) is 0 Å². The van der Waals surface area contributed by atoms with Gasteiger partial charge in [0.1, 0.15) is 67.6 Å². The second-order valence-corrected chi connectivity index (χ2v) is 19.6. The number of rotatable bonds is 10. The first-order chi connectivity index (χ1) is 28.9. The summed E-state index contributed by atoms with van der Waals surface area (Å²) in [6, 6.07) is 0. The maximum atomic E-state index is 12.6. The molecule has 8 rings (SSSR count). The number of carbonyl (C=O) groups excluding carboxylic acids is 2. The summed E-state index contributed by atoms with van der Waals surface area (Å²) < 4.78 is 46.9. The molecule has 346 valence electrons. The average molecular weight is 871 g/mol. The molecule has 18 heteroatoms. The molecule has 0 aromatic rings. The number of esters is 2. The minimum Gasteiger partial charge on any atom is -0.459 e. The van der Waals surface area contributed by atoms with E-state index < -0.39 is 111 Å². The Kier molecular flexibility index (Phi) is 13.1. The molecule has 0 bridgehead atoms. The van der Waals surface area contributed by atoms with Crippen LogP contribution in [0.25, 0.3) is 0 Å². The molecule has 8 N–H and O–H groups in total. The highest BCUT2D eigenvalue weighted by Crippen LogP contribution is 2.70. The standard InChI is InChI=1S/C43H66O18/c1-19-38(61-40-37(52)35(50)33(48)29(60-40)18-55-39-36(51)34(49)32(47)28(16-44)59-39)27(57-20(2)45)15-31(56-19)58-23-7-10-41(3)22(14-23)5-6-26-25(41)8-11-42(4)24(9-12-43(26,42)53)21-13-30(46)54-17-21/h13,19,22-29,31-40,44,47-53H,5-12,14-18H2,1-4H3/t19-,22-,23+,24-,25+,26-,27-,28-,29-,31+,32-,33-,34+,35+,36-,37-,38-,39-,40+,41+,42-,43+/m1/s1. The molecule has 4 heterocycles. The van der Waals surface area contributed by atoms with Crippen molar-refractivity contribution in [2.45, 2.75) is 190 Å². The van der Waals surface area contributed by atoms with Crippen molar-refractivity contribution in [3.8, 4) is 0 Å². The highest BCUT2D eigenvalue weighted by atomic mass is 16.8. The molecule has 0 amide bonds. The van der Waals surface area contributed by atoms with Crippen LogP contribution in [0.15, 0.2) is 11.6 Å². The van der Waals surface area contributed by atoms with Gasteiger partial charge in [0.05, 0.1) is 31.0 Å². The van der Waals surface area contributed by atoms with Crippen LogP contribution in [0.5, 0.6) is 0 Å². The SMILES string of the molecule is CC(=O)O[C@@H]1C[C@H](O[C@H]2CC[C@@]3(C)[C@H](CC[C@@H]4[C@@H]3CC[C@]3(C)[C@@H](C5=CC(=O)OC5)CC[C@]43O)C2)O[C@H](C)[C@H]1O[C@@H]1O[C@H](CO[C@@H]2O[C@H](CO)[C@@H](O)[C@H](O)[C@H]2O)[C@@H](O)[C@H](O)[C@H]1O. The fourth-order valence-electron chi connectivity index (χ4n) is 13.0. The molecule has 7 fully saturated rings. The smallest absolute Gasteiger partial charge is 0.331 e. The molecule has 0 spiro atoms. The Labute approximate surface area is 355 Å². The van der Waals surface area contributed by atoms with Crippen molar-refractivity contribution in [2.75, 3.05) is 19.8 Å². The highest BCUT2D eigenvalue weighted by molar-refractivity contribution is 5.85. The van der Waals surface area contributed by atoms with E-state index in [0.29, 0.717) is 18.4 Å². The lowest BCUT2D eigenvalue weighted by atomic mass is 9.43. The van der Waals surface area contributed by atoms with Crippen LogP contribution in [0.2, 0.25) is 0 Å². The maximum absolute atomic E-state index is 12.6. The Morgan fingerprint density at radius 3 is 2.20 bits per heavy atom. The molecular formula is C43H66O18. The predicted molar refractivity (Wildman–Crippen MR) is 206 cm³/mol. The predicted octanol–water partition coefficient (Wildman–Crippen LogP) is -0.295. The molecule has 4 aliphatic carbocycles. The third kappa shape index (κ3) is 8.12. The fraction of sp³-hybridized carbons (Fsp3) is 0.907. The Hall–Kier alpha value is -1.88. The van der Waals surface area contributed by atoms with Crippen molar-refractivity contribution in [3.63, 3.8) is 0 Å². The first-order valence-electron chi connectivity index (χ1n) is 22.2. The Bertz CT molecular complexity index is 1630. The van der Waals surface area contributed by atoms with Gasteiger partial charge in [0.15, 0.2) is 18.9 Å². The molecule has 0 aromatic carbocycles. The van der Waals surface area contributed by atoms with Gasteiger partial charge in [0.25, 0.3) is 0 Å². The van der Waals surface area contributed by atoms with Crippen molar-refractivity contribution < 1.29 is 88.3 Å². The van der Waals surface area contributed by atoms with E-state index in [9.17, 15) is 50.4 Å². The van der Waals surface area contributed by atoms with Crippen LogP contribution in [-0.4, -0.2) is 170 Å². The zero-order valence-corrected chi connectivity index (χ0v) is 35.4. The highest BCUT2D eigenvalue weighted by Gasteiger charge is 2.68. The topological polar surface area (TPSA) is 270 Å². The molecule has 3 saturated heterocycles. The van der Waals surface area contributed by atoms with Gasteiger partial charge in [0, 0.05) is 24.8 Å². The monoisotopic (exact) mass is 870 g/mol.